The molecule has 0 bridgehead atoms. The van der Waals surface area contributed by atoms with Crippen LogP contribution in [0.15, 0.2) is 59.7 Å². The van der Waals surface area contributed by atoms with Crippen molar-refractivity contribution in [2.24, 2.45) is 0 Å². The Morgan fingerprint density at radius 1 is 0.792 bits per heavy atom. The summed E-state index contributed by atoms with van der Waals surface area (Å²) in [5, 5.41) is 0. The Morgan fingerprint density at radius 3 is 2.17 bits per heavy atom. The smallest absolute Gasteiger partial charge is 0.0695 e. The van der Waals surface area contributed by atoms with Crippen molar-refractivity contribution in [3.8, 4) is 0 Å². The molecule has 0 amide bonds. The molecule has 119 valence electrons. The third-order valence-electron chi connectivity index (χ3n) is 5.76. The molecular formula is C22H23SiZr. The van der Waals surface area contributed by atoms with E-state index in [1.54, 1.807) is 22.3 Å². The van der Waals surface area contributed by atoms with Crippen LogP contribution in [-0.2, 0) is 26.2 Å². The standard InChI is InChI=1S/C22H23Si.Zr/c1-14-13-17-9-5-6-11-19(17)21(14)23(4)22-16(3)15(2)18-10-7-8-12-20(18)22;/h5-13,21-22H,1-4H3;. The Kier molecular flexibility index (Phi) is 5.00. The summed E-state index contributed by atoms with van der Waals surface area (Å²) in [6.45, 7) is 9.52. The summed E-state index contributed by atoms with van der Waals surface area (Å²) in [5.41, 5.74) is 12.0. The van der Waals surface area contributed by atoms with Gasteiger partial charge in [0.25, 0.3) is 0 Å². The fourth-order valence-electron chi connectivity index (χ4n) is 4.59. The molecule has 2 aliphatic rings. The summed E-state index contributed by atoms with van der Waals surface area (Å²) in [4.78, 5) is 0. The van der Waals surface area contributed by atoms with E-state index in [1.807, 2.05) is 0 Å². The summed E-state index contributed by atoms with van der Waals surface area (Å²) in [6.07, 6.45) is 2.40. The van der Waals surface area contributed by atoms with Gasteiger partial charge in [-0.3, -0.25) is 0 Å². The molecule has 0 saturated carbocycles. The van der Waals surface area contributed by atoms with E-state index in [2.05, 4.69) is 81.9 Å². The summed E-state index contributed by atoms with van der Waals surface area (Å²) < 4.78 is 0. The number of benzene rings is 2. The van der Waals surface area contributed by atoms with Gasteiger partial charge >= 0.3 is 0 Å². The largest absolute Gasteiger partial charge is 0.0718 e. The van der Waals surface area contributed by atoms with Gasteiger partial charge in [-0.1, -0.05) is 72.3 Å². The van der Waals surface area contributed by atoms with Crippen LogP contribution in [0.2, 0.25) is 6.55 Å². The van der Waals surface area contributed by atoms with Gasteiger partial charge in [0.05, 0.1) is 8.80 Å². The summed E-state index contributed by atoms with van der Waals surface area (Å²) >= 11 is 0. The molecule has 2 aromatic carbocycles. The molecule has 2 heteroatoms. The van der Waals surface area contributed by atoms with Crippen molar-refractivity contribution < 1.29 is 26.2 Å². The monoisotopic (exact) mass is 405 g/mol. The number of rotatable bonds is 2. The van der Waals surface area contributed by atoms with Gasteiger partial charge in [0, 0.05) is 26.2 Å². The predicted molar refractivity (Wildman–Crippen MR) is 102 cm³/mol. The molecule has 2 aromatic rings. The van der Waals surface area contributed by atoms with Gasteiger partial charge in [-0.05, 0) is 59.7 Å². The van der Waals surface area contributed by atoms with E-state index < -0.39 is 8.80 Å². The van der Waals surface area contributed by atoms with Crippen LogP contribution in [0.5, 0.6) is 0 Å². The van der Waals surface area contributed by atoms with Crippen LogP contribution >= 0.6 is 0 Å². The first-order valence-electron chi connectivity index (χ1n) is 8.46. The second-order valence-corrected chi connectivity index (χ2v) is 9.67. The zero-order chi connectivity index (χ0) is 16.1. The van der Waals surface area contributed by atoms with Crippen LogP contribution in [0.3, 0.4) is 0 Å². The number of hydrogen-bond acceptors (Lipinski definition) is 0. The van der Waals surface area contributed by atoms with E-state index in [-0.39, 0.29) is 26.2 Å². The Balaban J connectivity index is 0.00000169. The Hall–Kier alpha value is -0.980. The van der Waals surface area contributed by atoms with Crippen molar-refractivity contribution in [2.45, 2.75) is 38.4 Å². The predicted octanol–water partition coefficient (Wildman–Crippen LogP) is 5.98. The average Bonchev–Trinajstić information content (AvgIpc) is 3.02. The zero-order valence-electron chi connectivity index (χ0n) is 14.9. The molecule has 0 fully saturated rings. The van der Waals surface area contributed by atoms with E-state index in [9.17, 15) is 0 Å². The molecule has 24 heavy (non-hydrogen) atoms. The second kappa shape index (κ2) is 6.73. The first-order valence-corrected chi connectivity index (χ1v) is 10.6. The van der Waals surface area contributed by atoms with Crippen LogP contribution in [-0.4, -0.2) is 8.80 Å². The molecule has 0 nitrogen and oxygen atoms in total. The third-order valence-corrected chi connectivity index (χ3v) is 9.09. The van der Waals surface area contributed by atoms with E-state index in [0.717, 1.165) is 0 Å². The minimum Gasteiger partial charge on any atom is -0.0695 e. The number of hydrogen-bond donors (Lipinski definition) is 0. The van der Waals surface area contributed by atoms with E-state index >= 15 is 0 Å². The topological polar surface area (TPSA) is 0 Å². The average molecular weight is 407 g/mol. The van der Waals surface area contributed by atoms with E-state index in [1.165, 1.54) is 16.7 Å². The van der Waals surface area contributed by atoms with Crippen LogP contribution in [0.1, 0.15) is 54.1 Å². The Bertz CT molecular complexity index is 847. The van der Waals surface area contributed by atoms with Gasteiger partial charge in [-0.25, -0.2) is 0 Å². The molecule has 0 aliphatic heterocycles. The molecule has 1 radical (unpaired) electrons. The Morgan fingerprint density at radius 2 is 1.42 bits per heavy atom. The minimum absolute atomic E-state index is 0. The van der Waals surface area contributed by atoms with Gasteiger partial charge < -0.3 is 0 Å². The van der Waals surface area contributed by atoms with Crippen molar-refractivity contribution in [1.29, 1.82) is 0 Å². The van der Waals surface area contributed by atoms with Crippen LogP contribution in [0, 0.1) is 0 Å². The van der Waals surface area contributed by atoms with Crippen LogP contribution in [0.4, 0.5) is 0 Å². The molecule has 4 rings (SSSR count). The van der Waals surface area contributed by atoms with Gasteiger partial charge in [0.1, 0.15) is 0 Å². The molecule has 2 atom stereocenters. The normalized spacial score (nSPS) is 21.5. The maximum atomic E-state index is 2.54. The molecular weight excluding hydrogens is 384 g/mol. The fourth-order valence-corrected chi connectivity index (χ4v) is 8.12. The minimum atomic E-state index is -0.625. The first-order chi connectivity index (χ1) is 11.1. The maximum Gasteiger partial charge on any atom is 0.0718 e. The van der Waals surface area contributed by atoms with Gasteiger partial charge in [-0.2, -0.15) is 0 Å². The van der Waals surface area contributed by atoms with Crippen molar-refractivity contribution in [3.05, 3.63) is 81.9 Å². The maximum absolute atomic E-state index is 2.54. The molecule has 0 aromatic heterocycles. The van der Waals surface area contributed by atoms with Gasteiger partial charge in [-0.15, -0.1) is 0 Å². The zero-order valence-corrected chi connectivity index (χ0v) is 18.3. The fraction of sp³-hybridized carbons (Fsp3) is 0.273. The molecule has 2 unspecified atom stereocenters. The van der Waals surface area contributed by atoms with Gasteiger partial charge in [0.2, 0.25) is 0 Å². The first kappa shape index (κ1) is 17.8. The van der Waals surface area contributed by atoms with Crippen molar-refractivity contribution in [3.63, 3.8) is 0 Å². The summed E-state index contributed by atoms with van der Waals surface area (Å²) in [6, 6.07) is 18.0. The van der Waals surface area contributed by atoms with Crippen molar-refractivity contribution >= 4 is 20.4 Å². The molecule has 0 spiro atoms. The molecule has 0 heterocycles. The summed E-state index contributed by atoms with van der Waals surface area (Å²) in [5.74, 6) is 0. The number of allylic oxidation sites excluding steroid dienone is 3. The van der Waals surface area contributed by atoms with Crippen LogP contribution in [0.25, 0.3) is 11.6 Å². The van der Waals surface area contributed by atoms with E-state index in [0.29, 0.717) is 11.1 Å². The molecule has 0 N–H and O–H groups in total. The number of fused-ring (bicyclic) bond motifs is 2. The summed E-state index contributed by atoms with van der Waals surface area (Å²) in [7, 11) is -0.625. The third kappa shape index (κ3) is 2.59. The Labute approximate surface area is 166 Å². The van der Waals surface area contributed by atoms with Crippen molar-refractivity contribution in [2.75, 3.05) is 0 Å². The van der Waals surface area contributed by atoms with Crippen LogP contribution < -0.4 is 0 Å². The molecule has 2 aliphatic carbocycles. The van der Waals surface area contributed by atoms with Gasteiger partial charge in [0.15, 0.2) is 0 Å². The van der Waals surface area contributed by atoms with E-state index in [4.69, 9.17) is 0 Å². The molecule has 0 saturated heterocycles. The second-order valence-electron chi connectivity index (χ2n) is 7.02. The SMILES string of the molecule is CC1=Cc2ccccc2C1[Si](C)C1C(C)=C(C)c2ccccc21.[Zr]. The van der Waals surface area contributed by atoms with Crippen molar-refractivity contribution in [1.82, 2.24) is 0 Å². The quantitative estimate of drug-likeness (QED) is 0.538.